The SMILES string of the molecule is Cc1ccc(CNC(=S)Nc2cccc3ccccc23)cc1. The summed E-state index contributed by atoms with van der Waals surface area (Å²) in [5, 5.41) is 9.55. The molecular weight excluding hydrogens is 288 g/mol. The molecule has 3 aromatic carbocycles. The molecule has 0 saturated carbocycles. The number of nitrogens with one attached hydrogen (secondary N) is 2. The van der Waals surface area contributed by atoms with Crippen LogP contribution < -0.4 is 10.6 Å². The van der Waals surface area contributed by atoms with Gasteiger partial charge < -0.3 is 10.6 Å². The van der Waals surface area contributed by atoms with Crippen molar-refractivity contribution in [3.05, 3.63) is 77.9 Å². The molecule has 0 aliphatic heterocycles. The second-order valence-corrected chi connectivity index (χ2v) is 5.73. The van der Waals surface area contributed by atoms with Gasteiger partial charge in [-0.05, 0) is 36.2 Å². The smallest absolute Gasteiger partial charge is 0.171 e. The van der Waals surface area contributed by atoms with Gasteiger partial charge in [0, 0.05) is 17.6 Å². The molecule has 22 heavy (non-hydrogen) atoms. The van der Waals surface area contributed by atoms with Crippen molar-refractivity contribution in [2.45, 2.75) is 13.5 Å². The molecule has 110 valence electrons. The lowest BCUT2D eigenvalue weighted by Gasteiger charge is -2.12. The van der Waals surface area contributed by atoms with Crippen LogP contribution in [0.2, 0.25) is 0 Å². The Morgan fingerprint density at radius 2 is 1.64 bits per heavy atom. The van der Waals surface area contributed by atoms with Crippen molar-refractivity contribution in [2.24, 2.45) is 0 Å². The van der Waals surface area contributed by atoms with E-state index in [-0.39, 0.29) is 0 Å². The Bertz CT molecular complexity index is 789. The molecular formula is C19H18N2S. The Labute approximate surface area is 136 Å². The van der Waals surface area contributed by atoms with E-state index in [1.54, 1.807) is 0 Å². The molecule has 0 fully saturated rings. The Hall–Kier alpha value is -2.39. The van der Waals surface area contributed by atoms with Crippen molar-refractivity contribution >= 4 is 33.8 Å². The molecule has 0 aliphatic rings. The first-order chi connectivity index (χ1) is 10.7. The predicted molar refractivity (Wildman–Crippen MR) is 98.2 cm³/mol. The number of hydrogen-bond donors (Lipinski definition) is 2. The molecule has 3 rings (SSSR count). The second-order valence-electron chi connectivity index (χ2n) is 5.32. The Kier molecular flexibility index (Phi) is 4.35. The number of hydrogen-bond acceptors (Lipinski definition) is 1. The van der Waals surface area contributed by atoms with Gasteiger partial charge in [-0.2, -0.15) is 0 Å². The van der Waals surface area contributed by atoms with E-state index in [2.05, 4.69) is 60.0 Å². The zero-order valence-corrected chi connectivity index (χ0v) is 13.3. The molecule has 2 nitrogen and oxygen atoms in total. The van der Waals surface area contributed by atoms with E-state index in [4.69, 9.17) is 12.2 Å². The molecule has 0 heterocycles. The van der Waals surface area contributed by atoms with E-state index in [1.807, 2.05) is 24.3 Å². The van der Waals surface area contributed by atoms with Gasteiger partial charge in [0.1, 0.15) is 0 Å². The summed E-state index contributed by atoms with van der Waals surface area (Å²) in [7, 11) is 0. The number of aryl methyl sites for hydroxylation is 1. The van der Waals surface area contributed by atoms with Crippen LogP contribution in [0.5, 0.6) is 0 Å². The van der Waals surface area contributed by atoms with Gasteiger partial charge in [-0.1, -0.05) is 66.2 Å². The van der Waals surface area contributed by atoms with Gasteiger partial charge in [-0.3, -0.25) is 0 Å². The van der Waals surface area contributed by atoms with Crippen molar-refractivity contribution < 1.29 is 0 Å². The van der Waals surface area contributed by atoms with Gasteiger partial charge in [-0.25, -0.2) is 0 Å². The molecule has 0 aromatic heterocycles. The number of fused-ring (bicyclic) bond motifs is 1. The second kappa shape index (κ2) is 6.58. The molecule has 3 heteroatoms. The van der Waals surface area contributed by atoms with Crippen LogP contribution in [0.25, 0.3) is 10.8 Å². The lowest BCUT2D eigenvalue weighted by atomic mass is 10.1. The Balaban J connectivity index is 1.67. The summed E-state index contributed by atoms with van der Waals surface area (Å²) < 4.78 is 0. The first kappa shape index (κ1) is 14.5. The van der Waals surface area contributed by atoms with Crippen molar-refractivity contribution in [3.63, 3.8) is 0 Å². The third-order valence-corrected chi connectivity index (χ3v) is 3.86. The quantitative estimate of drug-likeness (QED) is 0.690. The van der Waals surface area contributed by atoms with E-state index in [1.165, 1.54) is 21.9 Å². The zero-order chi connectivity index (χ0) is 15.4. The van der Waals surface area contributed by atoms with Gasteiger partial charge in [0.2, 0.25) is 0 Å². The van der Waals surface area contributed by atoms with E-state index in [9.17, 15) is 0 Å². The molecule has 0 radical (unpaired) electrons. The molecule has 2 N–H and O–H groups in total. The maximum atomic E-state index is 5.40. The highest BCUT2D eigenvalue weighted by atomic mass is 32.1. The third-order valence-electron chi connectivity index (χ3n) is 3.61. The maximum absolute atomic E-state index is 5.40. The molecule has 3 aromatic rings. The van der Waals surface area contributed by atoms with E-state index < -0.39 is 0 Å². The predicted octanol–water partition coefficient (Wildman–Crippen LogP) is 4.63. The van der Waals surface area contributed by atoms with Gasteiger partial charge in [0.05, 0.1) is 0 Å². The summed E-state index contributed by atoms with van der Waals surface area (Å²) in [6.45, 7) is 2.81. The first-order valence-corrected chi connectivity index (χ1v) is 7.71. The molecule has 0 spiro atoms. The number of thiocarbonyl (C=S) groups is 1. The normalized spacial score (nSPS) is 10.4. The number of benzene rings is 3. The van der Waals surface area contributed by atoms with Crippen molar-refractivity contribution in [3.8, 4) is 0 Å². The first-order valence-electron chi connectivity index (χ1n) is 7.30. The fourth-order valence-corrected chi connectivity index (χ4v) is 2.57. The van der Waals surface area contributed by atoms with E-state index in [0.29, 0.717) is 5.11 Å². The zero-order valence-electron chi connectivity index (χ0n) is 12.5. The number of anilines is 1. The fourth-order valence-electron chi connectivity index (χ4n) is 2.39. The number of rotatable bonds is 3. The molecule has 0 saturated heterocycles. The van der Waals surface area contributed by atoms with Crippen LogP contribution in [0.3, 0.4) is 0 Å². The highest BCUT2D eigenvalue weighted by Crippen LogP contribution is 2.22. The molecule has 0 atom stereocenters. The van der Waals surface area contributed by atoms with Gasteiger partial charge in [-0.15, -0.1) is 0 Å². The summed E-state index contributed by atoms with van der Waals surface area (Å²) in [4.78, 5) is 0. The molecule has 0 amide bonds. The van der Waals surface area contributed by atoms with Crippen LogP contribution in [0, 0.1) is 6.92 Å². The lowest BCUT2D eigenvalue weighted by Crippen LogP contribution is -2.27. The highest BCUT2D eigenvalue weighted by molar-refractivity contribution is 7.80. The fraction of sp³-hybridized carbons (Fsp3) is 0.105. The van der Waals surface area contributed by atoms with E-state index >= 15 is 0 Å². The Morgan fingerprint density at radius 3 is 2.45 bits per heavy atom. The standard InChI is InChI=1S/C19H18N2S/c1-14-9-11-15(12-10-14)13-20-19(22)21-18-8-4-6-16-5-2-3-7-17(16)18/h2-12H,13H2,1H3,(H2,20,21,22). The summed E-state index contributed by atoms with van der Waals surface area (Å²) in [5.74, 6) is 0. The highest BCUT2D eigenvalue weighted by Gasteiger charge is 2.02. The van der Waals surface area contributed by atoms with Crippen LogP contribution in [0.15, 0.2) is 66.7 Å². The van der Waals surface area contributed by atoms with Crippen molar-refractivity contribution in [1.29, 1.82) is 0 Å². The molecule has 0 bridgehead atoms. The monoisotopic (exact) mass is 306 g/mol. The van der Waals surface area contributed by atoms with E-state index in [0.717, 1.165) is 12.2 Å². The average Bonchev–Trinajstić information content (AvgIpc) is 2.55. The third kappa shape index (κ3) is 3.43. The minimum absolute atomic E-state index is 0.636. The Morgan fingerprint density at radius 1 is 0.909 bits per heavy atom. The van der Waals surface area contributed by atoms with Gasteiger partial charge >= 0.3 is 0 Å². The largest absolute Gasteiger partial charge is 0.358 e. The molecule has 0 aliphatic carbocycles. The van der Waals surface area contributed by atoms with Crippen LogP contribution in [0.4, 0.5) is 5.69 Å². The van der Waals surface area contributed by atoms with Crippen LogP contribution in [-0.2, 0) is 6.54 Å². The van der Waals surface area contributed by atoms with Gasteiger partial charge in [0.25, 0.3) is 0 Å². The van der Waals surface area contributed by atoms with Crippen LogP contribution >= 0.6 is 12.2 Å². The topological polar surface area (TPSA) is 24.1 Å². The summed E-state index contributed by atoms with van der Waals surface area (Å²) in [6, 6.07) is 22.9. The minimum Gasteiger partial charge on any atom is -0.358 e. The van der Waals surface area contributed by atoms with Crippen molar-refractivity contribution in [1.82, 2.24) is 5.32 Å². The van der Waals surface area contributed by atoms with Gasteiger partial charge in [0.15, 0.2) is 5.11 Å². The summed E-state index contributed by atoms with van der Waals surface area (Å²) >= 11 is 5.40. The molecule has 0 unspecified atom stereocenters. The maximum Gasteiger partial charge on any atom is 0.171 e. The summed E-state index contributed by atoms with van der Waals surface area (Å²) in [6.07, 6.45) is 0. The average molecular weight is 306 g/mol. The lowest BCUT2D eigenvalue weighted by molar-refractivity contribution is 0.925. The van der Waals surface area contributed by atoms with Crippen LogP contribution in [0.1, 0.15) is 11.1 Å². The summed E-state index contributed by atoms with van der Waals surface area (Å²) in [5.41, 5.74) is 3.51. The minimum atomic E-state index is 0.636. The van der Waals surface area contributed by atoms with Crippen LogP contribution in [-0.4, -0.2) is 5.11 Å². The van der Waals surface area contributed by atoms with Crippen molar-refractivity contribution in [2.75, 3.05) is 5.32 Å².